The Kier molecular flexibility index (Phi) is 24.2. The molecule has 1 aliphatic heterocycles. The van der Waals surface area contributed by atoms with E-state index in [2.05, 4.69) is 64.1 Å². The molecule has 2 heterocycles. The largest absolute Gasteiger partial charge is 0.416 e. The number of nitrogens with zero attached hydrogens (tertiary/aromatic N) is 2. The number of amides is 8. The zero-order valence-corrected chi connectivity index (χ0v) is 43.3. The number of halogens is 3. The van der Waals surface area contributed by atoms with Crippen LogP contribution in [0.3, 0.4) is 0 Å². The SMILES string of the molecule is C=C(N)[C@@H]1CCCNC(=O)CC[C@H](NC(=O)[C@H](CCCN=C(N)N)NC(C)=O)C(=O)N[C@@H](CCN)C(=O)N[C@H](Cc2cccc(C(F)(F)F)c2)C(=O)N[C@@H](CCCN=C(N)N)C(=O)N[C@@H](Cc2c[nH]c3ccccc23)C(=O)N1. The molecule has 4 rings (SSSR count). The summed E-state index contributed by atoms with van der Waals surface area (Å²) < 4.78 is 42.0. The molecule has 28 heteroatoms. The normalized spacial score (nSPS) is 21.0. The zero-order valence-electron chi connectivity index (χ0n) is 43.3. The summed E-state index contributed by atoms with van der Waals surface area (Å²) in [6.45, 7) is 4.86. The van der Waals surface area contributed by atoms with Gasteiger partial charge in [-0.25, -0.2) is 0 Å². The van der Waals surface area contributed by atoms with Crippen molar-refractivity contribution < 1.29 is 51.5 Å². The molecule has 3 aromatic rings. The molecule has 1 saturated heterocycles. The molecule has 2 aromatic carbocycles. The highest BCUT2D eigenvalue weighted by Gasteiger charge is 2.36. The van der Waals surface area contributed by atoms with Crippen molar-refractivity contribution in [2.24, 2.45) is 44.4 Å². The average molecular weight is 1100 g/mol. The van der Waals surface area contributed by atoms with Crippen molar-refractivity contribution in [3.05, 3.63) is 83.7 Å². The number of aromatic nitrogens is 1. The van der Waals surface area contributed by atoms with Crippen molar-refractivity contribution in [1.29, 1.82) is 0 Å². The lowest BCUT2D eigenvalue weighted by atomic mass is 10.00. The van der Waals surface area contributed by atoms with Crippen LogP contribution in [0.15, 0.2) is 77.0 Å². The van der Waals surface area contributed by atoms with E-state index in [9.17, 15) is 51.5 Å². The number of nitrogens with one attached hydrogen (secondary N) is 9. The van der Waals surface area contributed by atoms with Gasteiger partial charge in [-0.3, -0.25) is 48.3 Å². The smallest absolute Gasteiger partial charge is 0.401 e. The third-order valence-electron chi connectivity index (χ3n) is 12.4. The minimum absolute atomic E-state index is 0.00472. The monoisotopic (exact) mass is 1100 g/mol. The number of nitrogens with two attached hydrogens (primary N) is 6. The topological polar surface area (TPSA) is 429 Å². The Bertz CT molecular complexity index is 2650. The molecular weight excluding hydrogens is 1020 g/mol. The minimum Gasteiger partial charge on any atom is -0.401 e. The summed E-state index contributed by atoms with van der Waals surface area (Å²) in [5, 5.41) is 21.7. The number of guanidine groups is 2. The molecule has 0 unspecified atom stereocenters. The third kappa shape index (κ3) is 20.6. The van der Waals surface area contributed by atoms with Crippen LogP contribution in [0, 0.1) is 0 Å². The summed E-state index contributed by atoms with van der Waals surface area (Å²) in [6, 6.07) is 1.35. The molecule has 78 heavy (non-hydrogen) atoms. The van der Waals surface area contributed by atoms with Crippen LogP contribution in [-0.2, 0) is 57.4 Å². The van der Waals surface area contributed by atoms with Crippen LogP contribution < -0.4 is 76.9 Å². The number of aromatic amines is 1. The van der Waals surface area contributed by atoms with Gasteiger partial charge in [-0.1, -0.05) is 43.0 Å². The second kappa shape index (κ2) is 30.3. The van der Waals surface area contributed by atoms with Crippen molar-refractivity contribution in [2.45, 2.75) is 126 Å². The molecule has 25 nitrogen and oxygen atoms in total. The van der Waals surface area contributed by atoms with Crippen LogP contribution in [0.2, 0.25) is 0 Å². The Morgan fingerprint density at radius 2 is 1.36 bits per heavy atom. The van der Waals surface area contributed by atoms with Gasteiger partial charge < -0.3 is 81.9 Å². The van der Waals surface area contributed by atoms with Gasteiger partial charge in [0.15, 0.2) is 11.9 Å². The molecule has 426 valence electrons. The predicted molar refractivity (Wildman–Crippen MR) is 285 cm³/mol. The molecular formula is C50H72F3N17O8. The van der Waals surface area contributed by atoms with Gasteiger partial charge in [-0.2, -0.15) is 13.2 Å². The Balaban J connectivity index is 1.81. The number of fused-ring (bicyclic) bond motifs is 1. The highest BCUT2D eigenvalue weighted by Crippen LogP contribution is 2.30. The number of benzene rings is 2. The van der Waals surface area contributed by atoms with Crippen molar-refractivity contribution in [2.75, 3.05) is 26.2 Å². The van der Waals surface area contributed by atoms with E-state index in [1.165, 1.54) is 13.0 Å². The molecule has 0 aliphatic carbocycles. The van der Waals surface area contributed by atoms with Crippen molar-refractivity contribution >= 4 is 70.1 Å². The van der Waals surface area contributed by atoms with Gasteiger partial charge in [0.2, 0.25) is 47.3 Å². The van der Waals surface area contributed by atoms with E-state index in [0.717, 1.165) is 29.1 Å². The number of hydrogen-bond donors (Lipinski definition) is 15. The fraction of sp³-hybridized carbons (Fsp3) is 0.480. The number of aliphatic imine (C=N–C) groups is 2. The third-order valence-corrected chi connectivity index (χ3v) is 12.4. The van der Waals surface area contributed by atoms with Gasteiger partial charge in [-0.15, -0.1) is 0 Å². The fourth-order valence-electron chi connectivity index (χ4n) is 8.43. The summed E-state index contributed by atoms with van der Waals surface area (Å²) >= 11 is 0. The first-order valence-corrected chi connectivity index (χ1v) is 25.3. The minimum atomic E-state index is -4.81. The van der Waals surface area contributed by atoms with E-state index in [4.69, 9.17) is 34.4 Å². The highest BCUT2D eigenvalue weighted by atomic mass is 19.4. The molecule has 1 aromatic heterocycles. The van der Waals surface area contributed by atoms with Gasteiger partial charge in [0, 0.05) is 68.6 Å². The van der Waals surface area contributed by atoms with E-state index in [1.54, 1.807) is 18.3 Å². The van der Waals surface area contributed by atoms with E-state index in [0.29, 0.717) is 5.56 Å². The first kappa shape index (κ1) is 62.1. The van der Waals surface area contributed by atoms with Gasteiger partial charge >= 0.3 is 6.18 Å². The van der Waals surface area contributed by atoms with E-state index < -0.39 is 108 Å². The van der Waals surface area contributed by atoms with Gasteiger partial charge in [0.05, 0.1) is 11.6 Å². The van der Waals surface area contributed by atoms with E-state index >= 15 is 0 Å². The van der Waals surface area contributed by atoms with Gasteiger partial charge in [0.1, 0.15) is 36.3 Å². The molecule has 21 N–H and O–H groups in total. The van der Waals surface area contributed by atoms with Crippen LogP contribution in [0.25, 0.3) is 10.9 Å². The van der Waals surface area contributed by atoms with Crippen LogP contribution in [-0.4, -0.2) is 133 Å². The average Bonchev–Trinajstić information content (AvgIpc) is 3.80. The van der Waals surface area contributed by atoms with Gasteiger partial charge in [0.25, 0.3) is 0 Å². The lowest BCUT2D eigenvalue weighted by Crippen LogP contribution is -2.60. The maximum absolute atomic E-state index is 14.6. The summed E-state index contributed by atoms with van der Waals surface area (Å²) in [6.07, 6.45) is -4.36. The molecule has 8 amide bonds. The first-order valence-electron chi connectivity index (χ1n) is 25.3. The standard InChI is InChI=1S/C50H72F3N17O8/c1-27(55)33-13-6-20-60-41(72)17-16-37(67-42(73)35(64-28(2)71)14-7-21-61-48(56)57)44(75)68-38(18-19-54)45(76)69-39(24-29-9-5-10-31(23-29)50(51,52)53)46(77)66-36(15-8-22-62-49(58)59)43(74)70-40(47(78)65-33)25-30-26-63-34-12-4-3-11-32(30)34/h3-5,9-12,23,26,33,35-40,63H,1,6-8,13-22,24-25,54-55H2,2H3,(H,60,72)(H,64,71)(H,65,78)(H,66,77)(H,67,73)(H,68,75)(H,69,76)(H,70,74)(H4,56,57,61)(H4,58,59,62)/t33-,35-,36-,37-,38-,39+,40-/m0/s1. The van der Waals surface area contributed by atoms with Crippen LogP contribution in [0.5, 0.6) is 0 Å². The highest BCUT2D eigenvalue weighted by molar-refractivity contribution is 5.97. The number of carbonyl (C=O) groups is 8. The van der Waals surface area contributed by atoms with Gasteiger partial charge in [-0.05, 0) is 81.2 Å². The Labute approximate surface area is 448 Å². The lowest BCUT2D eigenvalue weighted by molar-refractivity contribution is -0.137. The molecule has 0 spiro atoms. The summed E-state index contributed by atoms with van der Waals surface area (Å²) in [5.41, 5.74) is 34.3. The van der Waals surface area contributed by atoms with E-state index in [-0.39, 0.29) is 114 Å². The molecule has 0 saturated carbocycles. The Hall–Kier alpha value is -8.43. The summed E-state index contributed by atoms with van der Waals surface area (Å²) in [7, 11) is 0. The van der Waals surface area contributed by atoms with Crippen LogP contribution in [0.1, 0.15) is 81.4 Å². The summed E-state index contributed by atoms with van der Waals surface area (Å²) in [4.78, 5) is 123. The molecule has 1 aliphatic rings. The second-order valence-electron chi connectivity index (χ2n) is 18.7. The number of H-pyrrole nitrogens is 1. The molecule has 0 bridgehead atoms. The van der Waals surface area contributed by atoms with E-state index in [1.807, 2.05) is 12.1 Å². The number of hydrogen-bond acceptors (Lipinski definition) is 12. The second-order valence-corrected chi connectivity index (χ2v) is 18.7. The van der Waals surface area contributed by atoms with Crippen molar-refractivity contribution in [1.82, 2.24) is 47.5 Å². The zero-order chi connectivity index (χ0) is 57.5. The fourth-order valence-corrected chi connectivity index (χ4v) is 8.43. The van der Waals surface area contributed by atoms with Crippen LogP contribution >= 0.6 is 0 Å². The molecule has 1 fully saturated rings. The number of alkyl halides is 3. The number of carbonyl (C=O) groups excluding carboxylic acids is 8. The van der Waals surface area contributed by atoms with Crippen molar-refractivity contribution in [3.63, 3.8) is 0 Å². The predicted octanol–water partition coefficient (Wildman–Crippen LogP) is -2.00. The summed E-state index contributed by atoms with van der Waals surface area (Å²) in [5.74, 6) is -7.21. The first-order chi connectivity index (χ1) is 36.9. The quantitative estimate of drug-likeness (QED) is 0.0373. The lowest BCUT2D eigenvalue weighted by Gasteiger charge is -2.28. The number of para-hydroxylation sites is 1. The molecule has 0 radical (unpaired) electrons. The molecule has 7 atom stereocenters. The van der Waals surface area contributed by atoms with Crippen LogP contribution in [0.4, 0.5) is 13.2 Å². The Morgan fingerprint density at radius 1 is 0.756 bits per heavy atom. The maximum atomic E-state index is 14.6. The number of rotatable bonds is 18. The maximum Gasteiger partial charge on any atom is 0.416 e. The van der Waals surface area contributed by atoms with Crippen molar-refractivity contribution in [3.8, 4) is 0 Å². The Morgan fingerprint density at radius 3 is 2.00 bits per heavy atom.